The second-order valence-electron chi connectivity index (χ2n) is 13.0. The van der Waals surface area contributed by atoms with E-state index >= 15 is 0 Å². The van der Waals surface area contributed by atoms with Crippen LogP contribution in [0.25, 0.3) is 21.8 Å². The molecule has 2 aromatic heterocycles. The van der Waals surface area contributed by atoms with Gasteiger partial charge in [0.1, 0.15) is 0 Å². The van der Waals surface area contributed by atoms with Crippen molar-refractivity contribution in [2.75, 3.05) is 19.1 Å². The number of aliphatic imine (C=N–C) groups is 1. The quantitative estimate of drug-likeness (QED) is 0.0389. The number of aromatic nitrogens is 2. The Labute approximate surface area is 375 Å². The molecule has 0 spiro atoms. The summed E-state index contributed by atoms with van der Waals surface area (Å²) in [6, 6.07) is 26.7. The molecule has 0 fully saturated rings. The van der Waals surface area contributed by atoms with Crippen molar-refractivity contribution in [2.24, 2.45) is 10.8 Å². The minimum Gasteiger partial charge on any atom is -0.358 e. The van der Waals surface area contributed by atoms with Gasteiger partial charge in [0.2, 0.25) is 0 Å². The molecule has 1 aliphatic rings. The van der Waals surface area contributed by atoms with E-state index in [0.717, 1.165) is 76.4 Å². The maximum Gasteiger partial charge on any atom is 0.0785 e. The lowest BCUT2D eigenvalue weighted by molar-refractivity contribution is 0.636. The molecule has 0 saturated carbocycles. The fraction of sp³-hybridized carbons (Fsp3) is 0.473. The molecule has 6 rings (SSSR count). The number of nitrogen functional groups attached to an aromatic ring is 1. The molecule has 0 saturated heterocycles. The Morgan fingerprint density at radius 2 is 1.11 bits per heavy atom. The van der Waals surface area contributed by atoms with E-state index in [-0.39, 0.29) is 7.43 Å². The topological polar surface area (TPSA) is 82.0 Å². The molecule has 5 N–H and O–H groups in total. The first-order valence-electron chi connectivity index (χ1n) is 23.1. The van der Waals surface area contributed by atoms with Gasteiger partial charge in [0.05, 0.1) is 8.52 Å². The van der Waals surface area contributed by atoms with Crippen molar-refractivity contribution < 1.29 is 5.76 Å². The molecule has 0 amide bonds. The van der Waals surface area contributed by atoms with Crippen LogP contribution in [-0.2, 0) is 25.7 Å². The number of rotatable bonds is 14. The predicted octanol–water partition coefficient (Wildman–Crippen LogP) is 15.4. The van der Waals surface area contributed by atoms with Gasteiger partial charge in [-0.3, -0.25) is 15.2 Å². The van der Waals surface area contributed by atoms with Crippen LogP contribution in [0.5, 0.6) is 0 Å². The number of fused-ring (bicyclic) bond motifs is 2. The van der Waals surface area contributed by atoms with E-state index in [9.17, 15) is 4.39 Å². The van der Waals surface area contributed by atoms with E-state index in [0.29, 0.717) is 0 Å². The van der Waals surface area contributed by atoms with Gasteiger partial charge in [0.15, 0.2) is 0 Å². The van der Waals surface area contributed by atoms with Crippen molar-refractivity contribution in [1.29, 1.82) is 0 Å². The summed E-state index contributed by atoms with van der Waals surface area (Å²) in [7, 11) is -1.00. The van der Waals surface area contributed by atoms with Crippen LogP contribution in [0.15, 0.2) is 83.9 Å². The highest BCUT2D eigenvalue weighted by Crippen LogP contribution is 2.26. The Morgan fingerprint density at radius 1 is 0.656 bits per heavy atom. The Hall–Kier alpha value is -5.22. The van der Waals surface area contributed by atoms with Crippen LogP contribution >= 0.6 is 0 Å². The van der Waals surface area contributed by atoms with Crippen LogP contribution in [-0.4, -0.2) is 29.4 Å². The summed E-state index contributed by atoms with van der Waals surface area (Å²) < 4.78 is 15.5. The van der Waals surface area contributed by atoms with Gasteiger partial charge in [-0.1, -0.05) is 130 Å². The molecule has 5 aromatic rings. The number of hydrogen-bond donors (Lipinski definition) is 4. The fourth-order valence-corrected chi connectivity index (χ4v) is 6.41. The number of alkyl halides is 1. The summed E-state index contributed by atoms with van der Waals surface area (Å²) in [5.74, 6) is 13.2. The standard InChI is InChI=1S/2C16H19N.C9H13N.C6H8N2.3C2H6.CH3F.CH4/c1-3-5-6-11-15-13(9-4-2)14-10-7-8-12-16(14)17-15;1-3-5-9-13-14-10-7-8-12-16(14)17-15(13)11-6-4-2;1-2-3-4-6-9-7-5-8-10-9;7-8-6-4-2-1-3-5-6;4*1-2;/h2*1,7-8,10,12,17H,4-6,9,11H2,2H3;1H,3-8H2;1-5,8H,7H2;3*1-2H3;1H3;1H4/i;;;;;;;1D;. The number of para-hydroxylation sites is 3. The number of nitrogens with one attached hydrogen (secondary N) is 3. The summed E-state index contributed by atoms with van der Waals surface area (Å²) in [4.78, 5) is 11.4. The number of hydrogen-bond acceptors (Lipinski definition) is 3. The number of anilines is 1. The average Bonchev–Trinajstić information content (AvgIpc) is 4.06. The average molecular weight is 835 g/mol. The minimum absolute atomic E-state index is 0. The number of halogens is 1. The second-order valence-corrected chi connectivity index (χ2v) is 13.0. The zero-order valence-electron chi connectivity index (χ0n) is 39.7. The van der Waals surface area contributed by atoms with Gasteiger partial charge in [0.25, 0.3) is 0 Å². The maximum atomic E-state index is 9.96. The van der Waals surface area contributed by atoms with Gasteiger partial charge in [-0.25, -0.2) is 0 Å². The lowest BCUT2D eigenvalue weighted by atomic mass is 10.0. The number of H-pyrrole nitrogens is 2. The van der Waals surface area contributed by atoms with Crippen LogP contribution in [0.4, 0.5) is 10.1 Å². The summed E-state index contributed by atoms with van der Waals surface area (Å²) in [6.45, 7) is 17.5. The SMILES string of the molecule is C.C#CCCCC1=NCCC1.C#CCCCc1[nH]c2ccccc2c1CCC.C#CCCc1c(CCCC)[nH]c2ccccc12.CC.CC.CC.NNc1ccccc1.[2H]CF. The zero-order valence-corrected chi connectivity index (χ0v) is 38.7. The van der Waals surface area contributed by atoms with E-state index in [2.05, 4.69) is 101 Å². The first kappa shape index (κ1) is 57.9. The van der Waals surface area contributed by atoms with Gasteiger partial charge in [0, 0.05) is 70.4 Å². The zero-order chi connectivity index (χ0) is 45.9. The lowest BCUT2D eigenvalue weighted by Crippen LogP contribution is -2.05. The first-order valence-corrected chi connectivity index (χ1v) is 22.4. The van der Waals surface area contributed by atoms with Gasteiger partial charge < -0.3 is 15.4 Å². The number of unbranched alkanes of at least 4 members (excludes halogenated alkanes) is 3. The molecule has 0 unspecified atom stereocenters. The number of nitrogens with zero attached hydrogens (tertiary/aromatic N) is 1. The largest absolute Gasteiger partial charge is 0.358 e. The smallest absolute Gasteiger partial charge is 0.0785 e. The Morgan fingerprint density at radius 3 is 1.54 bits per heavy atom. The molecular weight excluding hydrogens is 750 g/mol. The molecule has 5 nitrogen and oxygen atoms in total. The molecule has 3 heterocycles. The van der Waals surface area contributed by atoms with Crippen LogP contribution in [0.2, 0.25) is 0 Å². The number of terminal acetylenes is 3. The third kappa shape index (κ3) is 24.6. The van der Waals surface area contributed by atoms with E-state index < -0.39 is 7.15 Å². The van der Waals surface area contributed by atoms with Gasteiger partial charge in [-0.15, -0.1) is 37.0 Å². The third-order valence-corrected chi connectivity index (χ3v) is 9.04. The van der Waals surface area contributed by atoms with Crippen molar-refractivity contribution in [1.82, 2.24) is 9.97 Å². The molecular formula is C55H84FN5. The molecule has 6 heteroatoms. The van der Waals surface area contributed by atoms with Gasteiger partial charge >= 0.3 is 0 Å². The minimum atomic E-state index is -1.00. The summed E-state index contributed by atoms with van der Waals surface area (Å²) in [6.07, 6.45) is 32.1. The number of benzene rings is 3. The molecule has 0 aliphatic carbocycles. The Bertz CT molecular complexity index is 1920. The molecule has 336 valence electrons. The summed E-state index contributed by atoms with van der Waals surface area (Å²) in [5, 5.41) is 2.72. The Kier molecular flexibility index (Phi) is 40.7. The molecule has 0 atom stereocenters. The monoisotopic (exact) mass is 835 g/mol. The molecule has 1 aliphatic heterocycles. The fourth-order valence-electron chi connectivity index (χ4n) is 6.41. The van der Waals surface area contributed by atoms with Crippen LogP contribution in [0.3, 0.4) is 0 Å². The van der Waals surface area contributed by atoms with Crippen molar-refractivity contribution in [2.45, 2.75) is 159 Å². The Balaban J connectivity index is -0.000000722. The van der Waals surface area contributed by atoms with Gasteiger partial charge in [-0.2, -0.15) is 0 Å². The van der Waals surface area contributed by atoms with E-state index in [1.54, 1.807) is 0 Å². The highest BCUT2D eigenvalue weighted by Gasteiger charge is 2.11. The summed E-state index contributed by atoms with van der Waals surface area (Å²) in [5.41, 5.74) is 13.0. The van der Waals surface area contributed by atoms with E-state index in [1.807, 2.05) is 71.9 Å². The lowest BCUT2D eigenvalue weighted by Gasteiger charge is -2.02. The van der Waals surface area contributed by atoms with Crippen molar-refractivity contribution >= 4 is 33.2 Å². The van der Waals surface area contributed by atoms with Crippen LogP contribution in [0.1, 0.15) is 157 Å². The van der Waals surface area contributed by atoms with Crippen molar-refractivity contribution in [3.63, 3.8) is 0 Å². The predicted molar refractivity (Wildman–Crippen MR) is 274 cm³/mol. The maximum absolute atomic E-state index is 9.96. The molecule has 3 aromatic carbocycles. The summed E-state index contributed by atoms with van der Waals surface area (Å²) >= 11 is 0. The first-order chi connectivity index (χ1) is 30.0. The van der Waals surface area contributed by atoms with Crippen molar-refractivity contribution in [3.05, 3.63) is 101 Å². The normalized spacial score (nSPS) is 10.3. The number of aromatic amines is 2. The number of aryl methyl sites for hydroxylation is 4. The third-order valence-electron chi connectivity index (χ3n) is 9.04. The number of nitrogens with two attached hydrogens (primary N) is 1. The van der Waals surface area contributed by atoms with Crippen molar-refractivity contribution in [3.8, 4) is 37.0 Å². The second kappa shape index (κ2) is 42.9. The van der Waals surface area contributed by atoms with E-state index in [4.69, 9.17) is 26.5 Å². The number of hydrazine groups is 1. The highest BCUT2D eigenvalue weighted by atomic mass is 19.1. The highest BCUT2D eigenvalue weighted by molar-refractivity contribution is 5.86. The molecule has 0 bridgehead atoms. The van der Waals surface area contributed by atoms with Crippen LogP contribution in [0, 0.1) is 37.0 Å². The van der Waals surface area contributed by atoms with Crippen LogP contribution < -0.4 is 11.3 Å². The molecule has 0 radical (unpaired) electrons. The molecule has 61 heavy (non-hydrogen) atoms. The van der Waals surface area contributed by atoms with Gasteiger partial charge in [-0.05, 0) is 99.6 Å². The van der Waals surface area contributed by atoms with E-state index in [1.165, 1.54) is 82.1 Å².